The Morgan fingerprint density at radius 3 is 2.81 bits per heavy atom. The van der Waals surface area contributed by atoms with Crippen LogP contribution in [-0.2, 0) is 20.5 Å². The average molecular weight is 395 g/mol. The summed E-state index contributed by atoms with van der Waals surface area (Å²) >= 11 is 0. The van der Waals surface area contributed by atoms with Gasteiger partial charge in [-0.1, -0.05) is 6.07 Å². The van der Waals surface area contributed by atoms with Crippen molar-refractivity contribution in [3.05, 3.63) is 59.7 Å². The fourth-order valence-electron chi connectivity index (χ4n) is 3.07. The second-order valence-electron chi connectivity index (χ2n) is 6.56. The van der Waals surface area contributed by atoms with E-state index in [0.717, 1.165) is 6.07 Å². The number of sulfonamides is 1. The van der Waals surface area contributed by atoms with E-state index in [1.807, 2.05) is 0 Å². The predicted molar refractivity (Wildman–Crippen MR) is 94.5 cm³/mol. The quantitative estimate of drug-likeness (QED) is 0.839. The fraction of sp³-hybridized carbons (Fsp3) is 0.333. The SMILES string of the molecule is Cc1cc(F)cc(C2(F)CCN(C(=O)CNS(=O)(=O)c3cccnc3)C2)c1. The monoisotopic (exact) mass is 395 g/mol. The molecule has 1 aliphatic rings. The van der Waals surface area contributed by atoms with Crippen molar-refractivity contribution in [2.75, 3.05) is 19.6 Å². The number of carbonyl (C=O) groups excluding carboxylic acids is 1. The van der Waals surface area contributed by atoms with Gasteiger partial charge in [-0.25, -0.2) is 21.9 Å². The van der Waals surface area contributed by atoms with Gasteiger partial charge in [-0.3, -0.25) is 9.78 Å². The first-order valence-electron chi connectivity index (χ1n) is 8.34. The average Bonchev–Trinajstić information content (AvgIpc) is 3.03. The number of aryl methyl sites for hydroxylation is 1. The van der Waals surface area contributed by atoms with E-state index >= 15 is 4.39 Å². The molecule has 1 N–H and O–H groups in total. The summed E-state index contributed by atoms with van der Waals surface area (Å²) in [6.45, 7) is 1.05. The molecule has 144 valence electrons. The highest BCUT2D eigenvalue weighted by Crippen LogP contribution is 2.36. The van der Waals surface area contributed by atoms with E-state index in [1.165, 1.54) is 35.5 Å². The molecule has 1 fully saturated rings. The van der Waals surface area contributed by atoms with Crippen molar-refractivity contribution < 1.29 is 22.0 Å². The Hall–Kier alpha value is -2.39. The molecule has 6 nitrogen and oxygen atoms in total. The van der Waals surface area contributed by atoms with Crippen LogP contribution in [0.25, 0.3) is 0 Å². The lowest BCUT2D eigenvalue weighted by Gasteiger charge is -2.22. The Morgan fingerprint density at radius 2 is 2.15 bits per heavy atom. The number of pyridine rings is 1. The van der Waals surface area contributed by atoms with Gasteiger partial charge in [0.2, 0.25) is 15.9 Å². The number of benzene rings is 1. The lowest BCUT2D eigenvalue weighted by molar-refractivity contribution is -0.129. The molecular weight excluding hydrogens is 376 g/mol. The summed E-state index contributed by atoms with van der Waals surface area (Å²) in [6, 6.07) is 6.82. The van der Waals surface area contributed by atoms with Crippen molar-refractivity contribution in [1.29, 1.82) is 0 Å². The molecule has 1 aromatic carbocycles. The second kappa shape index (κ2) is 7.32. The van der Waals surface area contributed by atoms with E-state index < -0.39 is 34.0 Å². The molecule has 1 aromatic heterocycles. The molecule has 9 heteroatoms. The molecule has 0 spiro atoms. The first kappa shape index (κ1) is 19.4. The zero-order chi connectivity index (χ0) is 19.7. The third-order valence-electron chi connectivity index (χ3n) is 4.49. The summed E-state index contributed by atoms with van der Waals surface area (Å²) in [5.74, 6) is -1.08. The van der Waals surface area contributed by atoms with Gasteiger partial charge in [0.1, 0.15) is 10.7 Å². The van der Waals surface area contributed by atoms with Crippen molar-refractivity contribution in [3.8, 4) is 0 Å². The standard InChI is InChI=1S/C18H19F2N3O3S/c1-13-7-14(9-15(19)8-13)18(20)4-6-23(12-18)17(24)11-22-27(25,26)16-3-2-5-21-10-16/h2-3,5,7-10,22H,4,6,11-12H2,1H3. The number of aromatic nitrogens is 1. The lowest BCUT2D eigenvalue weighted by Crippen LogP contribution is -2.40. The molecule has 27 heavy (non-hydrogen) atoms. The maximum absolute atomic E-state index is 15.2. The van der Waals surface area contributed by atoms with Crippen LogP contribution in [0.2, 0.25) is 0 Å². The van der Waals surface area contributed by atoms with Gasteiger partial charge in [-0.2, -0.15) is 0 Å². The van der Waals surface area contributed by atoms with Crippen LogP contribution in [0.1, 0.15) is 17.5 Å². The van der Waals surface area contributed by atoms with Crippen LogP contribution in [0.5, 0.6) is 0 Å². The summed E-state index contributed by atoms with van der Waals surface area (Å²) in [5, 5.41) is 0. The molecular formula is C18H19F2N3O3S. The number of amides is 1. The number of alkyl halides is 1. The van der Waals surface area contributed by atoms with Gasteiger partial charge in [-0.05, 0) is 42.3 Å². The van der Waals surface area contributed by atoms with E-state index in [1.54, 1.807) is 13.0 Å². The maximum Gasteiger partial charge on any atom is 0.242 e. The Morgan fingerprint density at radius 1 is 1.37 bits per heavy atom. The van der Waals surface area contributed by atoms with Gasteiger partial charge in [-0.15, -0.1) is 0 Å². The van der Waals surface area contributed by atoms with Gasteiger partial charge < -0.3 is 4.90 Å². The van der Waals surface area contributed by atoms with Gasteiger partial charge in [0.05, 0.1) is 13.1 Å². The van der Waals surface area contributed by atoms with Gasteiger partial charge >= 0.3 is 0 Å². The number of nitrogens with zero attached hydrogens (tertiary/aromatic N) is 2. The molecule has 0 radical (unpaired) electrons. The van der Waals surface area contributed by atoms with Crippen LogP contribution in [-0.4, -0.2) is 43.8 Å². The van der Waals surface area contributed by atoms with Crippen molar-refractivity contribution in [1.82, 2.24) is 14.6 Å². The minimum Gasteiger partial charge on any atom is -0.338 e. The number of halogens is 2. The van der Waals surface area contributed by atoms with Crippen LogP contribution >= 0.6 is 0 Å². The molecule has 0 saturated carbocycles. The van der Waals surface area contributed by atoms with E-state index in [-0.39, 0.29) is 30.0 Å². The highest BCUT2D eigenvalue weighted by atomic mass is 32.2. The largest absolute Gasteiger partial charge is 0.338 e. The topological polar surface area (TPSA) is 79.4 Å². The second-order valence-corrected chi connectivity index (χ2v) is 8.33. The van der Waals surface area contributed by atoms with Crippen molar-refractivity contribution in [2.45, 2.75) is 23.9 Å². The van der Waals surface area contributed by atoms with Crippen LogP contribution < -0.4 is 4.72 Å². The van der Waals surface area contributed by atoms with E-state index in [2.05, 4.69) is 9.71 Å². The molecule has 0 bridgehead atoms. The summed E-state index contributed by atoms with van der Waals surface area (Å²) in [5.41, 5.74) is -1.08. The number of likely N-dealkylation sites (tertiary alicyclic amines) is 1. The Kier molecular flexibility index (Phi) is 5.25. The fourth-order valence-corrected chi connectivity index (χ4v) is 4.01. The molecule has 3 rings (SSSR count). The van der Waals surface area contributed by atoms with Gasteiger partial charge in [0.25, 0.3) is 0 Å². The first-order chi connectivity index (χ1) is 12.7. The van der Waals surface area contributed by atoms with Crippen LogP contribution in [0.4, 0.5) is 8.78 Å². The highest BCUT2D eigenvalue weighted by molar-refractivity contribution is 7.89. The van der Waals surface area contributed by atoms with Gasteiger partial charge in [0.15, 0.2) is 5.67 Å². The van der Waals surface area contributed by atoms with Crippen molar-refractivity contribution in [3.63, 3.8) is 0 Å². The minimum atomic E-state index is -3.88. The van der Waals surface area contributed by atoms with Crippen molar-refractivity contribution >= 4 is 15.9 Å². The molecule has 1 saturated heterocycles. The number of carbonyl (C=O) groups is 1. The molecule has 1 unspecified atom stereocenters. The summed E-state index contributed by atoms with van der Waals surface area (Å²) in [7, 11) is -3.88. The zero-order valence-corrected chi connectivity index (χ0v) is 15.5. The summed E-state index contributed by atoms with van der Waals surface area (Å²) < 4.78 is 55.3. The normalized spacial score (nSPS) is 20.0. The highest BCUT2D eigenvalue weighted by Gasteiger charge is 2.42. The van der Waals surface area contributed by atoms with Crippen molar-refractivity contribution in [2.24, 2.45) is 0 Å². The van der Waals surface area contributed by atoms with E-state index in [9.17, 15) is 17.6 Å². The molecule has 2 heterocycles. The van der Waals surface area contributed by atoms with E-state index in [4.69, 9.17) is 0 Å². The Balaban J connectivity index is 1.65. The zero-order valence-electron chi connectivity index (χ0n) is 14.7. The number of hydrogen-bond donors (Lipinski definition) is 1. The van der Waals surface area contributed by atoms with Crippen LogP contribution in [0.15, 0.2) is 47.6 Å². The number of nitrogens with one attached hydrogen (secondary N) is 1. The molecule has 2 aromatic rings. The minimum absolute atomic E-state index is 0.0248. The van der Waals surface area contributed by atoms with E-state index in [0.29, 0.717) is 5.56 Å². The van der Waals surface area contributed by atoms with Crippen LogP contribution in [0.3, 0.4) is 0 Å². The third-order valence-corrected chi connectivity index (χ3v) is 5.88. The van der Waals surface area contributed by atoms with Crippen LogP contribution in [0, 0.1) is 12.7 Å². The summed E-state index contributed by atoms with van der Waals surface area (Å²) in [4.78, 5) is 17.2. The first-order valence-corrected chi connectivity index (χ1v) is 9.82. The number of hydrogen-bond acceptors (Lipinski definition) is 4. The predicted octanol–water partition coefficient (Wildman–Crippen LogP) is 1.90. The molecule has 1 aliphatic heterocycles. The summed E-state index contributed by atoms with van der Waals surface area (Å²) in [6.07, 6.45) is 2.63. The lowest BCUT2D eigenvalue weighted by atomic mass is 9.93. The molecule has 0 aliphatic carbocycles. The smallest absolute Gasteiger partial charge is 0.242 e. The Labute approximate surface area is 156 Å². The Bertz CT molecular complexity index is 933. The maximum atomic E-state index is 15.2. The van der Waals surface area contributed by atoms with Gasteiger partial charge in [0, 0.05) is 25.4 Å². The molecule has 1 atom stereocenters. The molecule has 1 amide bonds. The third kappa shape index (κ3) is 4.30. The number of rotatable bonds is 5.